The van der Waals surface area contributed by atoms with Gasteiger partial charge in [0.15, 0.2) is 9.84 Å². The first-order valence-corrected chi connectivity index (χ1v) is 6.17. The Kier molecular flexibility index (Phi) is 2.32. The Balaban J connectivity index is 2.56. The van der Waals surface area contributed by atoms with E-state index in [9.17, 15) is 8.42 Å². The van der Waals surface area contributed by atoms with Crippen LogP contribution < -0.4 is 5.73 Å². The predicted molar refractivity (Wildman–Crippen MR) is 60.6 cm³/mol. The lowest BCUT2D eigenvalue weighted by Gasteiger charge is -2.02. The van der Waals surface area contributed by atoms with Gasteiger partial charge < -0.3 is 5.73 Å². The number of benzene rings is 1. The maximum absolute atomic E-state index is 11.2. The first kappa shape index (κ1) is 10.3. The van der Waals surface area contributed by atoms with Crippen molar-refractivity contribution in [3.63, 3.8) is 0 Å². The zero-order valence-corrected chi connectivity index (χ0v) is 9.22. The second-order valence-electron chi connectivity index (χ2n) is 3.20. The highest BCUT2D eigenvalue weighted by atomic mass is 35.5. The van der Waals surface area contributed by atoms with Crippen LogP contribution in [0.15, 0.2) is 40.8 Å². The molecule has 2 rings (SSSR count). The number of hydrogen-bond acceptors (Lipinski definition) is 3. The van der Waals surface area contributed by atoms with Gasteiger partial charge in [0.1, 0.15) is 0 Å². The predicted octanol–water partition coefficient (Wildman–Crippen LogP) is 1.91. The molecule has 0 fully saturated rings. The van der Waals surface area contributed by atoms with Gasteiger partial charge in [0.25, 0.3) is 0 Å². The normalized spacial score (nSPS) is 18.5. The smallest absolute Gasteiger partial charge is 0.195 e. The van der Waals surface area contributed by atoms with Gasteiger partial charge in [-0.2, -0.15) is 0 Å². The van der Waals surface area contributed by atoms with Gasteiger partial charge in [-0.3, -0.25) is 0 Å². The minimum atomic E-state index is -3.30. The van der Waals surface area contributed by atoms with E-state index in [0.717, 1.165) is 10.8 Å². The van der Waals surface area contributed by atoms with Crippen LogP contribution in [-0.4, -0.2) is 8.42 Å². The molecule has 0 aliphatic carbocycles. The molecule has 1 aromatic rings. The molecule has 0 saturated heterocycles. The minimum absolute atomic E-state index is 0.247. The average molecular weight is 242 g/mol. The summed E-state index contributed by atoms with van der Waals surface area (Å²) in [7, 11) is -3.30. The molecule has 0 bridgehead atoms. The Morgan fingerprint density at radius 1 is 1.20 bits per heavy atom. The third kappa shape index (κ3) is 2.06. The van der Waals surface area contributed by atoms with Crippen LogP contribution in [0.3, 0.4) is 0 Å². The first-order valence-electron chi connectivity index (χ1n) is 4.18. The number of nitrogens with two attached hydrogens (primary N) is 1. The summed E-state index contributed by atoms with van der Waals surface area (Å²) in [6, 6.07) is 6.90. The highest BCUT2D eigenvalue weighted by molar-refractivity contribution is 7.97. The number of halogens is 1. The fraction of sp³-hybridized carbons (Fsp3) is 0. The average Bonchev–Trinajstić information content (AvgIpc) is 2.40. The molecule has 0 amide bonds. The van der Waals surface area contributed by atoms with Crippen molar-refractivity contribution in [2.45, 2.75) is 0 Å². The van der Waals surface area contributed by atoms with Gasteiger partial charge in [-0.05, 0) is 17.7 Å². The van der Waals surface area contributed by atoms with Gasteiger partial charge in [0, 0.05) is 16.0 Å². The molecule has 0 spiro atoms. The molecule has 0 unspecified atom stereocenters. The van der Waals surface area contributed by atoms with Crippen molar-refractivity contribution < 1.29 is 8.42 Å². The van der Waals surface area contributed by atoms with E-state index in [-0.39, 0.29) is 5.70 Å². The molecule has 78 valence electrons. The third-order valence-corrected chi connectivity index (χ3v) is 3.40. The van der Waals surface area contributed by atoms with Crippen molar-refractivity contribution in [1.82, 2.24) is 0 Å². The second-order valence-corrected chi connectivity index (χ2v) is 5.29. The lowest BCUT2D eigenvalue weighted by Crippen LogP contribution is -1.97. The Labute approximate surface area is 92.8 Å². The summed E-state index contributed by atoms with van der Waals surface area (Å²) < 4.78 is 22.5. The van der Waals surface area contributed by atoms with Crippen LogP contribution in [0.4, 0.5) is 0 Å². The molecule has 0 atom stereocenters. The standard InChI is InChI=1S/C10H8ClNO2S/c11-8-3-1-2-7(4-8)9-5-15(13,14)6-10(9)12/h1-6H,12H2. The van der Waals surface area contributed by atoms with Crippen LogP contribution in [0.5, 0.6) is 0 Å². The van der Waals surface area contributed by atoms with Gasteiger partial charge in [-0.1, -0.05) is 23.7 Å². The topological polar surface area (TPSA) is 60.2 Å². The van der Waals surface area contributed by atoms with E-state index >= 15 is 0 Å². The molecule has 1 heterocycles. The van der Waals surface area contributed by atoms with E-state index in [0.29, 0.717) is 16.2 Å². The molecule has 15 heavy (non-hydrogen) atoms. The van der Waals surface area contributed by atoms with Gasteiger partial charge in [-0.25, -0.2) is 8.42 Å². The highest BCUT2D eigenvalue weighted by Gasteiger charge is 2.19. The molecule has 5 heteroatoms. The van der Waals surface area contributed by atoms with Crippen molar-refractivity contribution in [1.29, 1.82) is 0 Å². The SMILES string of the molecule is NC1=CS(=O)(=O)C=C1c1cccc(Cl)c1. The molecule has 1 aliphatic rings. The van der Waals surface area contributed by atoms with Gasteiger partial charge in [0.2, 0.25) is 0 Å². The fourth-order valence-corrected chi connectivity index (χ4v) is 2.74. The molecule has 3 nitrogen and oxygen atoms in total. The fourth-order valence-electron chi connectivity index (χ4n) is 1.40. The monoisotopic (exact) mass is 241 g/mol. The summed E-state index contributed by atoms with van der Waals surface area (Å²) >= 11 is 5.81. The summed E-state index contributed by atoms with van der Waals surface area (Å²) in [5, 5.41) is 2.74. The summed E-state index contributed by atoms with van der Waals surface area (Å²) in [4.78, 5) is 0. The highest BCUT2D eigenvalue weighted by Crippen LogP contribution is 2.28. The van der Waals surface area contributed by atoms with Crippen molar-refractivity contribution in [2.24, 2.45) is 5.73 Å². The summed E-state index contributed by atoms with van der Waals surface area (Å²) in [6.07, 6.45) is 0. The Hall–Kier alpha value is -1.26. The second kappa shape index (κ2) is 3.40. The maximum Gasteiger partial charge on any atom is 0.195 e. The maximum atomic E-state index is 11.2. The summed E-state index contributed by atoms with van der Waals surface area (Å²) in [6.45, 7) is 0. The molecule has 1 aliphatic heterocycles. The van der Waals surface area contributed by atoms with Gasteiger partial charge in [-0.15, -0.1) is 0 Å². The zero-order valence-electron chi connectivity index (χ0n) is 7.64. The summed E-state index contributed by atoms with van der Waals surface area (Å²) in [5.41, 5.74) is 7.06. The lowest BCUT2D eigenvalue weighted by atomic mass is 10.1. The largest absolute Gasteiger partial charge is 0.398 e. The number of hydrogen-bond donors (Lipinski definition) is 1. The van der Waals surface area contributed by atoms with Crippen LogP contribution in [0, 0.1) is 0 Å². The van der Waals surface area contributed by atoms with Gasteiger partial charge >= 0.3 is 0 Å². The minimum Gasteiger partial charge on any atom is -0.398 e. The van der Waals surface area contributed by atoms with Crippen molar-refractivity contribution in [3.8, 4) is 0 Å². The lowest BCUT2D eigenvalue weighted by molar-refractivity contribution is 0.613. The molecule has 0 saturated carbocycles. The number of allylic oxidation sites excluding steroid dienone is 1. The van der Waals surface area contributed by atoms with Crippen LogP contribution in [-0.2, 0) is 9.84 Å². The third-order valence-electron chi connectivity index (χ3n) is 2.02. The van der Waals surface area contributed by atoms with Crippen molar-refractivity contribution in [2.75, 3.05) is 0 Å². The Morgan fingerprint density at radius 2 is 1.93 bits per heavy atom. The van der Waals surface area contributed by atoms with Crippen LogP contribution in [0.25, 0.3) is 5.57 Å². The van der Waals surface area contributed by atoms with E-state index in [4.69, 9.17) is 17.3 Å². The quantitative estimate of drug-likeness (QED) is 0.817. The molecule has 0 aromatic heterocycles. The Bertz CT molecular complexity index is 573. The summed E-state index contributed by atoms with van der Waals surface area (Å²) in [5.74, 6) is 0. The molecular weight excluding hydrogens is 234 g/mol. The van der Waals surface area contributed by atoms with Crippen LogP contribution >= 0.6 is 11.6 Å². The molecule has 0 radical (unpaired) electrons. The van der Waals surface area contributed by atoms with Crippen LogP contribution in [0.1, 0.15) is 5.56 Å². The van der Waals surface area contributed by atoms with E-state index in [1.807, 2.05) is 0 Å². The Morgan fingerprint density at radius 3 is 2.47 bits per heavy atom. The zero-order chi connectivity index (χ0) is 11.1. The number of sulfone groups is 1. The number of rotatable bonds is 1. The van der Waals surface area contributed by atoms with E-state index in [2.05, 4.69) is 0 Å². The van der Waals surface area contributed by atoms with E-state index < -0.39 is 9.84 Å². The first-order chi connectivity index (χ1) is 6.98. The van der Waals surface area contributed by atoms with E-state index in [1.165, 1.54) is 0 Å². The van der Waals surface area contributed by atoms with Crippen LogP contribution in [0.2, 0.25) is 5.02 Å². The molecule has 2 N–H and O–H groups in total. The van der Waals surface area contributed by atoms with E-state index in [1.54, 1.807) is 24.3 Å². The van der Waals surface area contributed by atoms with Gasteiger partial charge in [0.05, 0.1) is 11.1 Å². The molecule has 1 aromatic carbocycles. The van der Waals surface area contributed by atoms with Crippen molar-refractivity contribution >= 4 is 27.0 Å². The molecular formula is C10H8ClNO2S. The van der Waals surface area contributed by atoms with Crippen molar-refractivity contribution in [3.05, 3.63) is 51.4 Å².